The third kappa shape index (κ3) is 2.00. The van der Waals surface area contributed by atoms with Crippen LogP contribution < -0.4 is 0 Å². The first kappa shape index (κ1) is 11.6. The van der Waals surface area contributed by atoms with Gasteiger partial charge < -0.3 is 4.57 Å². The Hall–Kier alpha value is -0.840. The quantitative estimate of drug-likeness (QED) is 0.790. The molecule has 2 aromatic heterocycles. The molecule has 0 aromatic carbocycles. The van der Waals surface area contributed by atoms with Crippen molar-refractivity contribution in [2.24, 2.45) is 0 Å². The summed E-state index contributed by atoms with van der Waals surface area (Å²) < 4.78 is 2.39. The standard InChI is InChI=1S/C10H5BrCl2N2O/c11-6-1-7(5-16)15(4-6)10-8(12)2-14-3-9(10)13/h1-5H. The van der Waals surface area contributed by atoms with Crippen LogP contribution in [0.3, 0.4) is 0 Å². The van der Waals surface area contributed by atoms with Crippen LogP contribution in [0.15, 0.2) is 29.1 Å². The average molecular weight is 320 g/mol. The van der Waals surface area contributed by atoms with Crippen molar-refractivity contribution in [1.82, 2.24) is 9.55 Å². The Morgan fingerprint density at radius 1 is 1.31 bits per heavy atom. The summed E-state index contributed by atoms with van der Waals surface area (Å²) >= 11 is 15.3. The molecule has 0 unspecified atom stereocenters. The van der Waals surface area contributed by atoms with E-state index in [0.29, 0.717) is 21.4 Å². The maximum Gasteiger partial charge on any atom is 0.166 e. The second-order valence-corrected chi connectivity index (χ2v) is 4.75. The molecule has 2 rings (SSSR count). The highest BCUT2D eigenvalue weighted by Crippen LogP contribution is 2.29. The van der Waals surface area contributed by atoms with Gasteiger partial charge in [0, 0.05) is 23.1 Å². The third-order valence-electron chi connectivity index (χ3n) is 2.01. The van der Waals surface area contributed by atoms with E-state index in [1.165, 1.54) is 12.4 Å². The molecule has 82 valence electrons. The summed E-state index contributed by atoms with van der Waals surface area (Å²) in [6.45, 7) is 0. The van der Waals surface area contributed by atoms with E-state index in [-0.39, 0.29) is 0 Å². The fraction of sp³-hybridized carbons (Fsp3) is 0. The molecule has 0 fully saturated rings. The van der Waals surface area contributed by atoms with E-state index in [4.69, 9.17) is 23.2 Å². The van der Waals surface area contributed by atoms with Crippen LogP contribution in [0.1, 0.15) is 10.5 Å². The number of aromatic nitrogens is 2. The highest BCUT2D eigenvalue weighted by Gasteiger charge is 2.12. The number of hydrogen-bond acceptors (Lipinski definition) is 2. The molecule has 0 bridgehead atoms. The molecule has 0 spiro atoms. The maximum atomic E-state index is 10.9. The van der Waals surface area contributed by atoms with E-state index < -0.39 is 0 Å². The molecule has 0 radical (unpaired) electrons. The molecule has 0 atom stereocenters. The zero-order valence-corrected chi connectivity index (χ0v) is 10.9. The van der Waals surface area contributed by atoms with Crippen LogP contribution in [0.2, 0.25) is 10.0 Å². The summed E-state index contributed by atoms with van der Waals surface area (Å²) in [4.78, 5) is 14.7. The fourth-order valence-corrected chi connectivity index (χ4v) is 2.35. The van der Waals surface area contributed by atoms with Gasteiger partial charge in [0.05, 0.1) is 21.4 Å². The fourth-order valence-electron chi connectivity index (χ4n) is 1.37. The summed E-state index contributed by atoms with van der Waals surface area (Å²) in [5.41, 5.74) is 1.01. The van der Waals surface area contributed by atoms with Crippen LogP contribution in [-0.2, 0) is 0 Å². The van der Waals surface area contributed by atoms with E-state index in [9.17, 15) is 4.79 Å². The molecule has 3 nitrogen and oxygen atoms in total. The van der Waals surface area contributed by atoms with Gasteiger partial charge in [-0.3, -0.25) is 9.78 Å². The van der Waals surface area contributed by atoms with Gasteiger partial charge in [0.25, 0.3) is 0 Å². The Morgan fingerprint density at radius 3 is 2.50 bits per heavy atom. The number of carbonyl (C=O) groups excluding carboxylic acids is 1. The first-order chi connectivity index (χ1) is 7.63. The Balaban J connectivity index is 2.71. The molecule has 0 aliphatic rings. The first-order valence-corrected chi connectivity index (χ1v) is 5.81. The van der Waals surface area contributed by atoms with Gasteiger partial charge in [0.1, 0.15) is 0 Å². The number of hydrogen-bond donors (Lipinski definition) is 0. The summed E-state index contributed by atoms with van der Waals surface area (Å²) in [6.07, 6.45) is 5.41. The van der Waals surface area contributed by atoms with Gasteiger partial charge in [-0.1, -0.05) is 23.2 Å². The monoisotopic (exact) mass is 318 g/mol. The number of nitrogens with zero attached hydrogens (tertiary/aromatic N) is 2. The molecule has 0 amide bonds. The van der Waals surface area contributed by atoms with Crippen molar-refractivity contribution in [3.05, 3.63) is 44.9 Å². The highest BCUT2D eigenvalue weighted by atomic mass is 79.9. The molecule has 0 aliphatic heterocycles. The van der Waals surface area contributed by atoms with Crippen LogP contribution in [0.4, 0.5) is 0 Å². The van der Waals surface area contributed by atoms with Crippen molar-refractivity contribution in [2.45, 2.75) is 0 Å². The lowest BCUT2D eigenvalue weighted by molar-refractivity contribution is 0.111. The topological polar surface area (TPSA) is 34.9 Å². The van der Waals surface area contributed by atoms with E-state index >= 15 is 0 Å². The lowest BCUT2D eigenvalue weighted by atomic mass is 10.3. The van der Waals surface area contributed by atoms with Crippen LogP contribution in [-0.4, -0.2) is 15.8 Å². The van der Waals surface area contributed by atoms with E-state index in [0.717, 1.165) is 10.8 Å². The minimum Gasteiger partial charge on any atom is -0.310 e. The Bertz CT molecular complexity index is 533. The molecule has 0 N–H and O–H groups in total. The van der Waals surface area contributed by atoms with Crippen molar-refractivity contribution in [3.8, 4) is 5.69 Å². The number of aldehydes is 1. The number of pyridine rings is 1. The summed E-state index contributed by atoms with van der Waals surface area (Å²) in [6, 6.07) is 1.68. The Morgan fingerprint density at radius 2 is 1.94 bits per heavy atom. The SMILES string of the molecule is O=Cc1cc(Br)cn1-c1c(Cl)cncc1Cl. The van der Waals surface area contributed by atoms with Crippen molar-refractivity contribution in [3.63, 3.8) is 0 Å². The van der Waals surface area contributed by atoms with Crippen LogP contribution in [0.5, 0.6) is 0 Å². The lowest BCUT2D eigenvalue weighted by Gasteiger charge is -2.08. The molecule has 0 aliphatic carbocycles. The van der Waals surface area contributed by atoms with Crippen LogP contribution >= 0.6 is 39.1 Å². The molecular weight excluding hydrogens is 315 g/mol. The third-order valence-corrected chi connectivity index (χ3v) is 2.99. The van der Waals surface area contributed by atoms with Crippen LogP contribution in [0.25, 0.3) is 5.69 Å². The maximum absolute atomic E-state index is 10.9. The zero-order chi connectivity index (χ0) is 11.7. The predicted molar refractivity (Wildman–Crippen MR) is 66.7 cm³/mol. The largest absolute Gasteiger partial charge is 0.310 e. The molecule has 16 heavy (non-hydrogen) atoms. The zero-order valence-electron chi connectivity index (χ0n) is 7.82. The number of carbonyl (C=O) groups is 1. The average Bonchev–Trinajstić information content (AvgIpc) is 2.59. The van der Waals surface area contributed by atoms with Crippen molar-refractivity contribution < 1.29 is 4.79 Å². The number of rotatable bonds is 2. The smallest absolute Gasteiger partial charge is 0.166 e. The van der Waals surface area contributed by atoms with E-state index in [1.807, 2.05) is 0 Å². The Kier molecular flexibility index (Phi) is 3.33. The van der Waals surface area contributed by atoms with E-state index in [1.54, 1.807) is 16.8 Å². The van der Waals surface area contributed by atoms with Gasteiger partial charge in [0.2, 0.25) is 0 Å². The van der Waals surface area contributed by atoms with Gasteiger partial charge >= 0.3 is 0 Å². The minimum absolute atomic E-state index is 0.388. The normalized spacial score (nSPS) is 10.4. The predicted octanol–water partition coefficient (Wildman–Crippen LogP) is 3.75. The van der Waals surface area contributed by atoms with Gasteiger partial charge in [-0.25, -0.2) is 0 Å². The molecule has 0 saturated carbocycles. The van der Waals surface area contributed by atoms with Crippen molar-refractivity contribution >= 4 is 45.4 Å². The lowest BCUT2D eigenvalue weighted by Crippen LogP contribution is -1.99. The summed E-state index contributed by atoms with van der Waals surface area (Å²) in [5, 5.41) is 0.775. The molecule has 6 heteroatoms. The molecular formula is C10H5BrCl2N2O. The second kappa shape index (κ2) is 4.57. The van der Waals surface area contributed by atoms with Crippen molar-refractivity contribution in [1.29, 1.82) is 0 Å². The number of halogens is 3. The minimum atomic E-state index is 0.388. The highest BCUT2D eigenvalue weighted by molar-refractivity contribution is 9.10. The second-order valence-electron chi connectivity index (χ2n) is 3.02. The van der Waals surface area contributed by atoms with Crippen molar-refractivity contribution in [2.75, 3.05) is 0 Å². The Labute approximate surface area is 110 Å². The van der Waals surface area contributed by atoms with E-state index in [2.05, 4.69) is 20.9 Å². The summed E-state index contributed by atoms with van der Waals surface area (Å²) in [7, 11) is 0. The molecule has 0 saturated heterocycles. The van der Waals surface area contributed by atoms with Gasteiger partial charge in [-0.15, -0.1) is 0 Å². The molecule has 2 aromatic rings. The van der Waals surface area contributed by atoms with Gasteiger partial charge in [0.15, 0.2) is 6.29 Å². The van der Waals surface area contributed by atoms with Gasteiger partial charge in [-0.2, -0.15) is 0 Å². The van der Waals surface area contributed by atoms with Crippen LogP contribution in [0, 0.1) is 0 Å². The summed E-state index contributed by atoms with van der Waals surface area (Å²) in [5.74, 6) is 0. The molecule has 2 heterocycles. The first-order valence-electron chi connectivity index (χ1n) is 4.26. The van der Waals surface area contributed by atoms with Gasteiger partial charge in [-0.05, 0) is 22.0 Å².